The first-order valence-corrected chi connectivity index (χ1v) is 9.55. The van der Waals surface area contributed by atoms with Gasteiger partial charge in [-0.3, -0.25) is 9.59 Å². The first-order valence-electron chi connectivity index (χ1n) is 8.67. The van der Waals surface area contributed by atoms with Crippen molar-refractivity contribution in [2.24, 2.45) is 0 Å². The third-order valence-electron chi connectivity index (χ3n) is 4.25. The van der Waals surface area contributed by atoms with Crippen LogP contribution >= 0.6 is 11.3 Å². The van der Waals surface area contributed by atoms with E-state index in [1.807, 2.05) is 35.7 Å². The highest BCUT2D eigenvalue weighted by molar-refractivity contribution is 7.09. The Kier molecular flexibility index (Phi) is 6.62. The summed E-state index contributed by atoms with van der Waals surface area (Å²) in [6.45, 7) is 3.28. The molecule has 0 atom stereocenters. The molecule has 6 nitrogen and oxygen atoms in total. The summed E-state index contributed by atoms with van der Waals surface area (Å²) in [5, 5.41) is 4.74. The highest BCUT2D eigenvalue weighted by Gasteiger charge is 2.21. The van der Waals surface area contributed by atoms with Gasteiger partial charge in [-0.15, -0.1) is 11.3 Å². The number of ether oxygens (including phenoxy) is 1. The van der Waals surface area contributed by atoms with Gasteiger partial charge in [0, 0.05) is 36.7 Å². The summed E-state index contributed by atoms with van der Waals surface area (Å²) in [7, 11) is 0. The summed E-state index contributed by atoms with van der Waals surface area (Å²) in [4.78, 5) is 29.1. The Balaban J connectivity index is 1.32. The molecule has 1 saturated heterocycles. The van der Waals surface area contributed by atoms with E-state index in [1.54, 1.807) is 16.2 Å². The number of benzene rings is 1. The Hall–Kier alpha value is -2.38. The van der Waals surface area contributed by atoms with Crippen molar-refractivity contribution in [2.75, 3.05) is 44.3 Å². The van der Waals surface area contributed by atoms with Crippen LogP contribution in [0.15, 0.2) is 47.8 Å². The molecule has 1 aliphatic rings. The number of anilines is 1. The molecule has 0 spiro atoms. The fourth-order valence-corrected chi connectivity index (χ4v) is 3.47. The summed E-state index contributed by atoms with van der Waals surface area (Å²) in [5.41, 5.74) is 1.18. The fraction of sp³-hybridized carbons (Fsp3) is 0.368. The number of nitrogens with one attached hydrogen (secondary N) is 1. The van der Waals surface area contributed by atoms with E-state index < -0.39 is 0 Å². The smallest absolute Gasteiger partial charge is 0.248 e. The number of hydrogen-bond acceptors (Lipinski definition) is 5. The van der Waals surface area contributed by atoms with Crippen molar-refractivity contribution in [3.8, 4) is 0 Å². The first-order chi connectivity index (χ1) is 12.7. The molecular weight excluding hydrogens is 350 g/mol. The number of hydrogen-bond donors (Lipinski definition) is 1. The molecule has 0 aliphatic carbocycles. The second kappa shape index (κ2) is 9.35. The summed E-state index contributed by atoms with van der Waals surface area (Å²) in [6, 6.07) is 14.1. The van der Waals surface area contributed by atoms with E-state index in [2.05, 4.69) is 22.3 Å². The zero-order valence-corrected chi connectivity index (χ0v) is 15.4. The molecule has 2 aromatic rings. The maximum Gasteiger partial charge on any atom is 0.248 e. The van der Waals surface area contributed by atoms with Crippen molar-refractivity contribution in [2.45, 2.75) is 6.54 Å². The molecule has 0 unspecified atom stereocenters. The van der Waals surface area contributed by atoms with Gasteiger partial charge in [-0.2, -0.15) is 0 Å². The second-order valence-electron chi connectivity index (χ2n) is 6.05. The second-order valence-corrected chi connectivity index (χ2v) is 7.08. The van der Waals surface area contributed by atoms with Crippen LogP contribution in [0, 0.1) is 0 Å². The van der Waals surface area contributed by atoms with Crippen LogP contribution in [0.25, 0.3) is 0 Å². The van der Waals surface area contributed by atoms with Crippen LogP contribution in [-0.2, 0) is 20.9 Å². The van der Waals surface area contributed by atoms with E-state index >= 15 is 0 Å². The molecule has 7 heteroatoms. The van der Waals surface area contributed by atoms with Crippen molar-refractivity contribution < 1.29 is 14.3 Å². The standard InChI is InChI=1S/C19H23N3O3S/c23-18(20-13-17-7-4-12-26-17)14-25-15-19(24)22-10-8-21(9-11-22)16-5-2-1-3-6-16/h1-7,12H,8-11,13-15H2,(H,20,23). The average molecular weight is 373 g/mol. The van der Waals surface area contributed by atoms with Gasteiger partial charge in [0.15, 0.2) is 0 Å². The number of rotatable bonds is 7. The molecular formula is C19H23N3O3S. The van der Waals surface area contributed by atoms with E-state index in [4.69, 9.17) is 4.74 Å². The number of thiophene rings is 1. The van der Waals surface area contributed by atoms with Gasteiger partial charge >= 0.3 is 0 Å². The van der Waals surface area contributed by atoms with Crippen molar-refractivity contribution >= 4 is 28.8 Å². The molecule has 26 heavy (non-hydrogen) atoms. The third kappa shape index (κ3) is 5.31. The monoisotopic (exact) mass is 373 g/mol. The van der Waals surface area contributed by atoms with Gasteiger partial charge in [0.2, 0.25) is 11.8 Å². The quantitative estimate of drug-likeness (QED) is 0.803. The Morgan fingerprint density at radius 2 is 1.77 bits per heavy atom. The predicted octanol–water partition coefficient (Wildman–Crippen LogP) is 1.73. The maximum atomic E-state index is 12.2. The molecule has 3 rings (SSSR count). The first kappa shape index (κ1) is 18.4. The molecule has 0 bridgehead atoms. The number of carbonyl (C=O) groups is 2. The van der Waals surface area contributed by atoms with Crippen LogP contribution in [0.3, 0.4) is 0 Å². The molecule has 2 amide bonds. The van der Waals surface area contributed by atoms with E-state index in [9.17, 15) is 9.59 Å². The number of para-hydroxylation sites is 1. The third-order valence-corrected chi connectivity index (χ3v) is 5.13. The van der Waals surface area contributed by atoms with Crippen LogP contribution in [0.1, 0.15) is 4.88 Å². The van der Waals surface area contributed by atoms with Gasteiger partial charge in [0.05, 0.1) is 6.54 Å². The summed E-state index contributed by atoms with van der Waals surface area (Å²) >= 11 is 1.59. The lowest BCUT2D eigenvalue weighted by molar-refractivity contribution is -0.138. The number of carbonyl (C=O) groups excluding carboxylic acids is 2. The molecule has 1 aliphatic heterocycles. The van der Waals surface area contributed by atoms with Crippen molar-refractivity contribution in [3.05, 3.63) is 52.7 Å². The Morgan fingerprint density at radius 1 is 1.00 bits per heavy atom. The van der Waals surface area contributed by atoms with Crippen molar-refractivity contribution in [1.82, 2.24) is 10.2 Å². The minimum Gasteiger partial charge on any atom is -0.368 e. The van der Waals surface area contributed by atoms with E-state index in [0.717, 1.165) is 18.0 Å². The van der Waals surface area contributed by atoms with Gasteiger partial charge < -0.3 is 19.9 Å². The maximum absolute atomic E-state index is 12.2. The molecule has 1 N–H and O–H groups in total. The largest absolute Gasteiger partial charge is 0.368 e. The van der Waals surface area contributed by atoms with E-state index in [-0.39, 0.29) is 25.0 Å². The van der Waals surface area contributed by atoms with Crippen LogP contribution in [0.4, 0.5) is 5.69 Å². The summed E-state index contributed by atoms with van der Waals surface area (Å²) in [5.74, 6) is -0.274. The molecule has 1 aromatic carbocycles. The zero-order chi connectivity index (χ0) is 18.2. The summed E-state index contributed by atoms with van der Waals surface area (Å²) in [6.07, 6.45) is 0. The lowest BCUT2D eigenvalue weighted by Gasteiger charge is -2.36. The van der Waals surface area contributed by atoms with Gasteiger partial charge in [0.25, 0.3) is 0 Å². The Bertz CT molecular complexity index is 698. The van der Waals surface area contributed by atoms with Gasteiger partial charge in [-0.05, 0) is 23.6 Å². The minimum atomic E-state index is -0.208. The van der Waals surface area contributed by atoms with Gasteiger partial charge in [0.1, 0.15) is 13.2 Å². The van der Waals surface area contributed by atoms with Crippen LogP contribution in [0.5, 0.6) is 0 Å². The SMILES string of the molecule is O=C(COCC(=O)N1CCN(c2ccccc2)CC1)NCc1cccs1. The Morgan fingerprint density at radius 3 is 2.46 bits per heavy atom. The van der Waals surface area contributed by atoms with E-state index in [1.165, 1.54) is 5.69 Å². The van der Waals surface area contributed by atoms with Crippen LogP contribution in [0.2, 0.25) is 0 Å². The van der Waals surface area contributed by atoms with E-state index in [0.29, 0.717) is 19.6 Å². The molecule has 0 radical (unpaired) electrons. The minimum absolute atomic E-state index is 0.0578. The molecule has 2 heterocycles. The molecule has 1 fully saturated rings. The lowest BCUT2D eigenvalue weighted by Crippen LogP contribution is -2.49. The van der Waals surface area contributed by atoms with Crippen LogP contribution < -0.4 is 10.2 Å². The van der Waals surface area contributed by atoms with Crippen molar-refractivity contribution in [3.63, 3.8) is 0 Å². The lowest BCUT2D eigenvalue weighted by atomic mass is 10.2. The zero-order valence-electron chi connectivity index (χ0n) is 14.6. The van der Waals surface area contributed by atoms with Gasteiger partial charge in [-0.25, -0.2) is 0 Å². The fourth-order valence-electron chi connectivity index (χ4n) is 2.83. The molecule has 138 valence electrons. The molecule has 0 saturated carbocycles. The highest BCUT2D eigenvalue weighted by Crippen LogP contribution is 2.15. The number of amides is 2. The summed E-state index contributed by atoms with van der Waals surface area (Å²) < 4.78 is 5.28. The number of piperazine rings is 1. The van der Waals surface area contributed by atoms with Crippen molar-refractivity contribution in [1.29, 1.82) is 0 Å². The number of nitrogens with zero attached hydrogens (tertiary/aromatic N) is 2. The van der Waals surface area contributed by atoms with Crippen LogP contribution in [-0.4, -0.2) is 56.1 Å². The normalized spacial score (nSPS) is 14.3. The topological polar surface area (TPSA) is 61.9 Å². The average Bonchev–Trinajstić information content (AvgIpc) is 3.21. The predicted molar refractivity (Wildman–Crippen MR) is 102 cm³/mol. The Labute approximate surface area is 157 Å². The molecule has 1 aromatic heterocycles. The van der Waals surface area contributed by atoms with Gasteiger partial charge in [-0.1, -0.05) is 24.3 Å². The highest BCUT2D eigenvalue weighted by atomic mass is 32.1.